The van der Waals surface area contributed by atoms with Gasteiger partial charge in [0.25, 0.3) is 0 Å². The van der Waals surface area contributed by atoms with Crippen LogP contribution in [0.4, 0.5) is 13.6 Å². The molecule has 1 atom stereocenters. The van der Waals surface area contributed by atoms with Crippen LogP contribution in [0.1, 0.15) is 37.7 Å². The summed E-state index contributed by atoms with van der Waals surface area (Å²) in [7, 11) is -1.25. The van der Waals surface area contributed by atoms with E-state index in [4.69, 9.17) is 21.1 Å². The predicted octanol–water partition coefficient (Wildman–Crippen LogP) is 6.70. The number of halogens is 3. The Bertz CT molecular complexity index is 1400. The maximum atomic E-state index is 15.2. The Balaban J connectivity index is 1.50. The number of amides is 2. The van der Waals surface area contributed by atoms with Crippen LogP contribution in [0.5, 0.6) is 11.5 Å². The van der Waals surface area contributed by atoms with Crippen LogP contribution in [-0.2, 0) is 22.7 Å². The molecule has 0 aliphatic heterocycles. The zero-order valence-corrected chi connectivity index (χ0v) is 25.8. The van der Waals surface area contributed by atoms with Crippen LogP contribution in [0.15, 0.2) is 30.5 Å². The van der Waals surface area contributed by atoms with Gasteiger partial charge in [-0.25, -0.2) is 18.6 Å². The summed E-state index contributed by atoms with van der Waals surface area (Å²) in [6.07, 6.45) is 4.74. The zero-order valence-electron chi connectivity index (χ0n) is 24.0. The predicted molar refractivity (Wildman–Crippen MR) is 159 cm³/mol. The summed E-state index contributed by atoms with van der Waals surface area (Å²) in [5, 5.41) is 14.8. The van der Waals surface area contributed by atoms with E-state index in [0.717, 1.165) is 50.3 Å². The summed E-state index contributed by atoms with van der Waals surface area (Å²) in [6, 6.07) is 4.86. The van der Waals surface area contributed by atoms with E-state index < -0.39 is 43.5 Å². The average Bonchev–Trinajstić information content (AvgIpc) is 3.30. The van der Waals surface area contributed by atoms with E-state index in [1.165, 1.54) is 6.07 Å². The van der Waals surface area contributed by atoms with Gasteiger partial charge in [0.15, 0.2) is 17.4 Å². The summed E-state index contributed by atoms with van der Waals surface area (Å²) in [6.45, 7) is 7.62. The van der Waals surface area contributed by atoms with E-state index in [-0.39, 0.29) is 35.7 Å². The van der Waals surface area contributed by atoms with Crippen LogP contribution in [0, 0.1) is 11.6 Å². The van der Waals surface area contributed by atoms with Gasteiger partial charge in [0.1, 0.15) is 29.3 Å². The van der Waals surface area contributed by atoms with Gasteiger partial charge in [-0.2, -0.15) is 0 Å². The number of nitrogens with zero attached hydrogens (tertiary/aromatic N) is 2. The Labute approximate surface area is 249 Å². The largest absolute Gasteiger partial charge is 0.465 e. The lowest BCUT2D eigenvalue weighted by Gasteiger charge is -2.25. The standard InChI is InChI=1S/C29H37ClF2N4O5Si/c1-42(2,3)12-11-40-17-36-10-9-20-24(16-25(30)35-27(20)36)41-26-21(31)13-18(14-22(26)32)15-23(34-29(38)39)28(37)33-19-7-5-4-6-8-19/h9-10,13-14,16,19,23,34H,4-8,11-12,15,17H2,1-3H3,(H,33,37)(H,38,39)/t23-/m1/s1. The maximum absolute atomic E-state index is 15.2. The quantitative estimate of drug-likeness (QED) is 0.118. The van der Waals surface area contributed by atoms with Gasteiger partial charge in [0.05, 0.1) is 5.39 Å². The van der Waals surface area contributed by atoms with Crippen molar-refractivity contribution in [3.8, 4) is 11.5 Å². The third kappa shape index (κ3) is 8.65. The third-order valence-electron chi connectivity index (χ3n) is 7.16. The van der Waals surface area contributed by atoms with Crippen LogP contribution in [0.2, 0.25) is 30.8 Å². The average molecular weight is 623 g/mol. The first-order chi connectivity index (χ1) is 19.9. The zero-order chi connectivity index (χ0) is 30.4. The SMILES string of the molecule is C[Si](C)(C)CCOCn1ccc2c(Oc3c(F)cc(C[C@@H](NC(=O)O)C(=O)NC4CCCCC4)cc3F)cc(Cl)nc21. The Kier molecular flexibility index (Phi) is 10.4. The molecular weight excluding hydrogens is 586 g/mol. The highest BCUT2D eigenvalue weighted by Gasteiger charge is 2.26. The maximum Gasteiger partial charge on any atom is 0.405 e. The molecule has 1 aliphatic carbocycles. The van der Waals surface area contributed by atoms with Gasteiger partial charge in [-0.15, -0.1) is 0 Å². The van der Waals surface area contributed by atoms with Crippen LogP contribution in [-0.4, -0.2) is 53.4 Å². The number of carbonyl (C=O) groups is 2. The molecule has 3 N–H and O–H groups in total. The third-order valence-corrected chi connectivity index (χ3v) is 9.06. The molecule has 1 fully saturated rings. The van der Waals surface area contributed by atoms with E-state index in [9.17, 15) is 14.7 Å². The minimum Gasteiger partial charge on any atom is -0.465 e. The number of ether oxygens (including phenoxy) is 2. The van der Waals surface area contributed by atoms with Crippen LogP contribution in [0.3, 0.4) is 0 Å². The van der Waals surface area contributed by atoms with Gasteiger partial charge in [-0.1, -0.05) is 50.5 Å². The fourth-order valence-electron chi connectivity index (χ4n) is 4.91. The molecule has 1 saturated carbocycles. The van der Waals surface area contributed by atoms with Gasteiger partial charge in [-0.3, -0.25) is 4.79 Å². The smallest absolute Gasteiger partial charge is 0.405 e. The number of carboxylic acid groups (broad SMARTS) is 1. The molecule has 0 radical (unpaired) electrons. The van der Waals surface area contributed by atoms with Gasteiger partial charge in [-0.05, 0) is 42.6 Å². The van der Waals surface area contributed by atoms with Crippen molar-refractivity contribution in [2.24, 2.45) is 0 Å². The fraction of sp³-hybridized carbons (Fsp3) is 0.483. The van der Waals surface area contributed by atoms with Crippen molar-refractivity contribution in [1.29, 1.82) is 0 Å². The number of aromatic nitrogens is 2. The molecule has 0 saturated heterocycles. The van der Waals surface area contributed by atoms with Crippen molar-refractivity contribution in [3.05, 3.63) is 52.8 Å². The van der Waals surface area contributed by atoms with E-state index >= 15 is 8.78 Å². The molecule has 228 valence electrons. The first kappa shape index (κ1) is 31.7. The monoisotopic (exact) mass is 622 g/mol. The van der Waals surface area contributed by atoms with Crippen molar-refractivity contribution in [2.45, 2.75) is 83.0 Å². The molecule has 2 heterocycles. The summed E-state index contributed by atoms with van der Waals surface area (Å²) in [4.78, 5) is 28.5. The van der Waals surface area contributed by atoms with Crippen molar-refractivity contribution in [1.82, 2.24) is 20.2 Å². The molecule has 0 spiro atoms. The van der Waals surface area contributed by atoms with Crippen molar-refractivity contribution in [3.63, 3.8) is 0 Å². The first-order valence-corrected chi connectivity index (χ1v) is 18.2. The number of benzene rings is 1. The minimum atomic E-state index is -1.41. The Morgan fingerprint density at radius 1 is 1.17 bits per heavy atom. The van der Waals surface area contributed by atoms with Crippen molar-refractivity contribution < 1.29 is 33.0 Å². The number of rotatable bonds is 12. The number of fused-ring (bicyclic) bond motifs is 1. The van der Waals surface area contributed by atoms with Crippen LogP contribution >= 0.6 is 11.6 Å². The summed E-state index contributed by atoms with van der Waals surface area (Å²) in [5.41, 5.74) is 0.531. The fourth-order valence-corrected chi connectivity index (χ4v) is 5.85. The first-order valence-electron chi connectivity index (χ1n) is 14.1. The van der Waals surface area contributed by atoms with E-state index in [0.29, 0.717) is 17.6 Å². The molecular formula is C29H37ClF2N4O5Si. The highest BCUT2D eigenvalue weighted by Crippen LogP contribution is 2.35. The number of nitrogens with one attached hydrogen (secondary N) is 2. The lowest BCUT2D eigenvalue weighted by molar-refractivity contribution is -0.123. The van der Waals surface area contributed by atoms with Crippen molar-refractivity contribution in [2.75, 3.05) is 6.61 Å². The second kappa shape index (κ2) is 13.8. The molecule has 2 aromatic heterocycles. The normalized spacial score (nSPS) is 15.0. The molecule has 4 rings (SSSR count). The molecule has 9 nitrogen and oxygen atoms in total. The molecule has 13 heteroatoms. The van der Waals surface area contributed by atoms with Gasteiger partial charge < -0.3 is 29.8 Å². The lowest BCUT2D eigenvalue weighted by Crippen LogP contribution is -2.50. The molecule has 0 bridgehead atoms. The topological polar surface area (TPSA) is 115 Å². The van der Waals surface area contributed by atoms with Crippen molar-refractivity contribution >= 4 is 42.7 Å². The highest BCUT2D eigenvalue weighted by atomic mass is 35.5. The van der Waals surface area contributed by atoms with Gasteiger partial charge in [0.2, 0.25) is 5.91 Å². The number of pyridine rings is 1. The van der Waals surface area contributed by atoms with Crippen LogP contribution < -0.4 is 15.4 Å². The molecule has 1 aromatic carbocycles. The minimum absolute atomic E-state index is 0.0517. The number of hydrogen-bond donors (Lipinski definition) is 3. The molecule has 0 unspecified atom stereocenters. The number of carbonyl (C=O) groups excluding carboxylic acids is 1. The summed E-state index contributed by atoms with van der Waals surface area (Å²) in [5.74, 6) is -3.11. The number of hydrogen-bond acceptors (Lipinski definition) is 5. The van der Waals surface area contributed by atoms with Gasteiger partial charge >= 0.3 is 6.09 Å². The van der Waals surface area contributed by atoms with E-state index in [2.05, 4.69) is 35.3 Å². The second-order valence-corrected chi connectivity index (χ2v) is 17.9. The van der Waals surface area contributed by atoms with E-state index in [1.54, 1.807) is 16.8 Å². The molecule has 3 aromatic rings. The van der Waals surface area contributed by atoms with Crippen LogP contribution in [0.25, 0.3) is 11.0 Å². The highest BCUT2D eigenvalue weighted by molar-refractivity contribution is 6.76. The second-order valence-electron chi connectivity index (χ2n) is 11.9. The lowest BCUT2D eigenvalue weighted by atomic mass is 9.95. The molecule has 1 aliphatic rings. The Morgan fingerprint density at radius 3 is 2.50 bits per heavy atom. The molecule has 42 heavy (non-hydrogen) atoms. The summed E-state index contributed by atoms with van der Waals surface area (Å²) < 4.78 is 43.7. The summed E-state index contributed by atoms with van der Waals surface area (Å²) >= 11 is 6.22. The van der Waals surface area contributed by atoms with Gasteiger partial charge in [0, 0.05) is 39.4 Å². The van der Waals surface area contributed by atoms with E-state index in [1.807, 2.05) is 0 Å². The Hall–Kier alpha value is -3.22. The molecule has 2 amide bonds. The Morgan fingerprint density at radius 2 is 1.86 bits per heavy atom.